The highest BCUT2D eigenvalue weighted by Crippen LogP contribution is 2.32. The molecule has 2 aliphatic rings. The number of nitrogens with zero attached hydrogens (tertiary/aromatic N) is 2. The number of aromatic nitrogens is 1. The van der Waals surface area contributed by atoms with Crippen molar-refractivity contribution in [1.82, 2.24) is 15.2 Å². The third-order valence-electron chi connectivity index (χ3n) is 4.49. The average molecular weight is 361 g/mol. The molecule has 1 aromatic heterocycles. The fraction of sp³-hybridized carbons (Fsp3) is 0.412. The van der Waals surface area contributed by atoms with Gasteiger partial charge in [-0.25, -0.2) is 4.98 Å². The molecule has 0 unspecified atom stereocenters. The number of carbonyl (C=O) groups excluding carboxylic acids is 1. The maximum atomic E-state index is 12.5. The standard InChI is InChI=1S/C17H19N3O4S/c21-14-7-20(6-12-8-25-9-18-12)4-3-13(14)19-17(22)11-1-2-15-16(5-11)24-10-23-15/h1-2,5,8-9,13-14,21H,3-4,6-7,10H2,(H,19,22)/t13-,14-/m1/s1. The van der Waals surface area contributed by atoms with Gasteiger partial charge in [-0.2, -0.15) is 0 Å². The van der Waals surface area contributed by atoms with E-state index in [1.54, 1.807) is 29.5 Å². The molecule has 0 radical (unpaired) electrons. The van der Waals surface area contributed by atoms with Gasteiger partial charge in [-0.15, -0.1) is 11.3 Å². The van der Waals surface area contributed by atoms with Crippen molar-refractivity contribution in [3.8, 4) is 11.5 Å². The van der Waals surface area contributed by atoms with Gasteiger partial charge >= 0.3 is 0 Å². The maximum Gasteiger partial charge on any atom is 0.251 e. The number of fused-ring (bicyclic) bond motifs is 1. The molecule has 3 heterocycles. The number of aliphatic hydroxyl groups is 1. The largest absolute Gasteiger partial charge is 0.454 e. The molecule has 2 aliphatic heterocycles. The summed E-state index contributed by atoms with van der Waals surface area (Å²) in [5.74, 6) is 1.01. The van der Waals surface area contributed by atoms with Gasteiger partial charge in [0.2, 0.25) is 6.79 Å². The number of nitrogens with one attached hydrogen (secondary N) is 1. The van der Waals surface area contributed by atoms with Crippen LogP contribution in [0.5, 0.6) is 11.5 Å². The van der Waals surface area contributed by atoms with Crippen molar-refractivity contribution in [1.29, 1.82) is 0 Å². The number of hydrogen-bond donors (Lipinski definition) is 2. The zero-order valence-electron chi connectivity index (χ0n) is 13.6. The molecule has 1 saturated heterocycles. The minimum absolute atomic E-state index is 0.177. The van der Waals surface area contributed by atoms with E-state index < -0.39 is 6.10 Å². The van der Waals surface area contributed by atoms with E-state index >= 15 is 0 Å². The SMILES string of the molecule is O=C(N[C@@H]1CCN(Cc2cscn2)C[C@H]1O)c1ccc2c(c1)OCO2. The predicted octanol–water partition coefficient (Wildman–Crippen LogP) is 1.24. The van der Waals surface area contributed by atoms with Gasteiger partial charge in [0.15, 0.2) is 11.5 Å². The molecule has 2 atom stereocenters. The number of aliphatic hydroxyl groups excluding tert-OH is 1. The normalized spacial score (nSPS) is 22.8. The second-order valence-electron chi connectivity index (χ2n) is 6.22. The molecule has 132 valence electrons. The Morgan fingerprint density at radius 2 is 2.28 bits per heavy atom. The summed E-state index contributed by atoms with van der Waals surface area (Å²) in [5, 5.41) is 15.3. The van der Waals surface area contributed by atoms with Gasteiger partial charge < -0.3 is 19.9 Å². The van der Waals surface area contributed by atoms with Crippen molar-refractivity contribution in [3.63, 3.8) is 0 Å². The lowest BCUT2D eigenvalue weighted by molar-refractivity contribution is 0.0346. The fourth-order valence-corrected chi connectivity index (χ4v) is 3.69. The number of benzene rings is 1. The lowest BCUT2D eigenvalue weighted by Gasteiger charge is -2.35. The first-order chi connectivity index (χ1) is 12.2. The van der Waals surface area contributed by atoms with Crippen LogP contribution in [0.25, 0.3) is 0 Å². The average Bonchev–Trinajstić information content (AvgIpc) is 3.27. The van der Waals surface area contributed by atoms with Crippen molar-refractivity contribution in [3.05, 3.63) is 40.3 Å². The molecule has 1 amide bonds. The topological polar surface area (TPSA) is 83.9 Å². The van der Waals surface area contributed by atoms with Crippen LogP contribution in [0, 0.1) is 0 Å². The summed E-state index contributed by atoms with van der Waals surface area (Å²) in [4.78, 5) is 18.9. The van der Waals surface area contributed by atoms with Crippen LogP contribution in [0.15, 0.2) is 29.1 Å². The van der Waals surface area contributed by atoms with Gasteiger partial charge in [-0.1, -0.05) is 0 Å². The Morgan fingerprint density at radius 3 is 3.08 bits per heavy atom. The van der Waals surface area contributed by atoms with Crippen LogP contribution in [-0.4, -0.2) is 52.9 Å². The first-order valence-corrected chi connectivity index (χ1v) is 9.11. The van der Waals surface area contributed by atoms with E-state index in [1.165, 1.54) is 0 Å². The number of ether oxygens (including phenoxy) is 2. The summed E-state index contributed by atoms with van der Waals surface area (Å²) in [5.41, 5.74) is 3.32. The third-order valence-corrected chi connectivity index (χ3v) is 5.12. The Hall–Kier alpha value is -2.16. The van der Waals surface area contributed by atoms with Crippen LogP contribution in [0.1, 0.15) is 22.5 Å². The second kappa shape index (κ2) is 6.99. The van der Waals surface area contributed by atoms with Gasteiger partial charge in [-0.3, -0.25) is 9.69 Å². The van der Waals surface area contributed by atoms with E-state index in [-0.39, 0.29) is 18.7 Å². The van der Waals surface area contributed by atoms with Crippen molar-refractivity contribution in [2.75, 3.05) is 19.9 Å². The number of thiazole rings is 1. The Labute approximate surface area is 149 Å². The molecule has 8 heteroatoms. The minimum atomic E-state index is -0.606. The number of β-amino-alcohol motifs (C(OH)–C–C–N with tert-alkyl or cyclic N) is 1. The van der Waals surface area contributed by atoms with E-state index in [0.29, 0.717) is 30.0 Å². The predicted molar refractivity (Wildman–Crippen MR) is 91.8 cm³/mol. The first-order valence-electron chi connectivity index (χ1n) is 8.17. The summed E-state index contributed by atoms with van der Waals surface area (Å²) in [6.45, 7) is 2.23. The molecule has 4 rings (SSSR count). The van der Waals surface area contributed by atoms with E-state index in [9.17, 15) is 9.90 Å². The van der Waals surface area contributed by atoms with E-state index in [0.717, 1.165) is 18.8 Å². The van der Waals surface area contributed by atoms with Crippen molar-refractivity contribution < 1.29 is 19.4 Å². The van der Waals surface area contributed by atoms with Crippen molar-refractivity contribution >= 4 is 17.2 Å². The number of likely N-dealkylation sites (tertiary alicyclic amines) is 1. The van der Waals surface area contributed by atoms with Crippen LogP contribution < -0.4 is 14.8 Å². The Morgan fingerprint density at radius 1 is 1.40 bits per heavy atom. The number of amides is 1. The zero-order valence-corrected chi connectivity index (χ0v) is 14.4. The zero-order chi connectivity index (χ0) is 17.2. The maximum absolute atomic E-state index is 12.5. The molecule has 1 aromatic carbocycles. The first kappa shape index (κ1) is 16.3. The van der Waals surface area contributed by atoms with Crippen LogP contribution in [-0.2, 0) is 6.54 Å². The van der Waals surface area contributed by atoms with Gasteiger partial charge in [0.25, 0.3) is 5.91 Å². The summed E-state index contributed by atoms with van der Waals surface area (Å²) in [6.07, 6.45) is 0.0899. The summed E-state index contributed by atoms with van der Waals surface area (Å²) in [7, 11) is 0. The van der Waals surface area contributed by atoms with Crippen LogP contribution in [0.3, 0.4) is 0 Å². The highest BCUT2D eigenvalue weighted by molar-refractivity contribution is 7.07. The van der Waals surface area contributed by atoms with Gasteiger partial charge in [0.05, 0.1) is 23.4 Å². The van der Waals surface area contributed by atoms with Crippen molar-refractivity contribution in [2.24, 2.45) is 0 Å². The highest BCUT2D eigenvalue weighted by atomic mass is 32.1. The Bertz CT molecular complexity index is 752. The van der Waals surface area contributed by atoms with Gasteiger partial charge in [0.1, 0.15) is 0 Å². The molecule has 0 aliphatic carbocycles. The highest BCUT2D eigenvalue weighted by Gasteiger charge is 2.29. The smallest absolute Gasteiger partial charge is 0.251 e. The van der Waals surface area contributed by atoms with E-state index in [1.807, 2.05) is 10.9 Å². The van der Waals surface area contributed by atoms with Gasteiger partial charge in [-0.05, 0) is 24.6 Å². The van der Waals surface area contributed by atoms with Crippen LogP contribution in [0.4, 0.5) is 0 Å². The molecule has 25 heavy (non-hydrogen) atoms. The monoisotopic (exact) mass is 361 g/mol. The lowest BCUT2D eigenvalue weighted by Crippen LogP contribution is -2.53. The molecule has 0 spiro atoms. The molecule has 0 bridgehead atoms. The number of rotatable bonds is 4. The van der Waals surface area contributed by atoms with Gasteiger partial charge in [0, 0.05) is 30.6 Å². The summed E-state index contributed by atoms with van der Waals surface area (Å²) in [6, 6.07) is 4.84. The molecule has 7 nitrogen and oxygen atoms in total. The van der Waals surface area contributed by atoms with Crippen LogP contribution >= 0.6 is 11.3 Å². The van der Waals surface area contributed by atoms with E-state index in [2.05, 4.69) is 15.2 Å². The third kappa shape index (κ3) is 3.60. The summed E-state index contributed by atoms with van der Waals surface area (Å²) >= 11 is 1.57. The molecule has 2 aromatic rings. The molecule has 1 fully saturated rings. The van der Waals surface area contributed by atoms with Crippen molar-refractivity contribution in [2.45, 2.75) is 25.1 Å². The Kier molecular flexibility index (Phi) is 4.56. The quantitative estimate of drug-likeness (QED) is 0.852. The molecule has 2 N–H and O–H groups in total. The Balaban J connectivity index is 1.34. The second-order valence-corrected chi connectivity index (χ2v) is 6.94. The number of piperidine rings is 1. The number of carbonyl (C=O) groups is 1. The summed E-state index contributed by atoms with van der Waals surface area (Å²) < 4.78 is 10.6. The lowest BCUT2D eigenvalue weighted by atomic mass is 10.0. The molecular weight excluding hydrogens is 342 g/mol. The minimum Gasteiger partial charge on any atom is -0.454 e. The fourth-order valence-electron chi connectivity index (χ4n) is 3.14. The van der Waals surface area contributed by atoms with Crippen LogP contribution in [0.2, 0.25) is 0 Å². The van der Waals surface area contributed by atoms with E-state index in [4.69, 9.17) is 9.47 Å². The number of hydrogen-bond acceptors (Lipinski definition) is 7. The molecular formula is C17H19N3O4S. The molecule has 0 saturated carbocycles.